The molecule has 0 N–H and O–H groups in total. The molecule has 1 aliphatic heterocycles. The summed E-state index contributed by atoms with van der Waals surface area (Å²) in [4.78, 5) is 0. The highest BCUT2D eigenvalue weighted by Gasteiger charge is 1.96. The largest absolute Gasteiger partial charge is 0.424 e. The van der Waals surface area contributed by atoms with Gasteiger partial charge in [0.15, 0.2) is 9.76 Å². The van der Waals surface area contributed by atoms with Gasteiger partial charge in [0.1, 0.15) is 0 Å². The van der Waals surface area contributed by atoms with Crippen molar-refractivity contribution in [2.45, 2.75) is 18.9 Å². The van der Waals surface area contributed by atoms with E-state index in [1.54, 1.807) is 11.3 Å². The van der Waals surface area contributed by atoms with Crippen molar-refractivity contribution in [2.24, 2.45) is 0 Å². The zero-order chi connectivity index (χ0) is 7.78. The van der Waals surface area contributed by atoms with Crippen LogP contribution >= 0.6 is 11.3 Å². The molecule has 1 saturated heterocycles. The molecule has 0 saturated carbocycles. The van der Waals surface area contributed by atoms with Gasteiger partial charge in [0.2, 0.25) is 0 Å². The van der Waals surface area contributed by atoms with Crippen molar-refractivity contribution in [3.63, 3.8) is 0 Å². The first kappa shape index (κ1) is 8.97. The van der Waals surface area contributed by atoms with Gasteiger partial charge in [-0.25, -0.2) is 0 Å². The molecule has 1 fully saturated rings. The zero-order valence-corrected chi connectivity index (χ0v) is 8.89. The Morgan fingerprint density at radius 1 is 1.18 bits per heavy atom. The minimum Gasteiger partial charge on any atom is -0.424 e. The molecule has 62 valence electrons. The van der Waals surface area contributed by atoms with Crippen LogP contribution in [0.5, 0.6) is 0 Å². The lowest BCUT2D eigenvalue weighted by Gasteiger charge is -2.07. The van der Waals surface area contributed by atoms with Crippen LogP contribution in [-0.2, 0) is 4.43 Å². The molecule has 1 aliphatic rings. The summed E-state index contributed by atoms with van der Waals surface area (Å²) >= 11 is 1.71. The minimum absolute atomic E-state index is 0.00849. The van der Waals surface area contributed by atoms with E-state index in [0.29, 0.717) is 0 Å². The molecule has 0 unspecified atom stereocenters. The first-order chi connectivity index (χ1) is 5.50. The van der Waals surface area contributed by atoms with Gasteiger partial charge in [-0.3, -0.25) is 0 Å². The summed E-state index contributed by atoms with van der Waals surface area (Å²) in [6.45, 7) is 1.06. The predicted octanol–water partition coefficient (Wildman–Crippen LogP) is 2.05. The highest BCUT2D eigenvalue weighted by Crippen LogP contribution is 2.01. The molecule has 2 heterocycles. The summed E-state index contributed by atoms with van der Waals surface area (Å²) in [6, 6.07) is 5.45. The summed E-state index contributed by atoms with van der Waals surface area (Å²) in [5.74, 6) is 0. The fraction of sp³-hybridized carbons (Fsp3) is 0.500. The lowest BCUT2D eigenvalue weighted by Crippen LogP contribution is -2.06. The van der Waals surface area contributed by atoms with Crippen molar-refractivity contribution >= 4 is 21.1 Å². The average Bonchev–Trinajstić information content (AvgIpc) is 2.64. The first-order valence-electron chi connectivity index (χ1n) is 4.05. The Bertz CT molecular complexity index is 120. The Morgan fingerprint density at radius 2 is 2.00 bits per heavy atom. The summed E-state index contributed by atoms with van der Waals surface area (Å²) in [5, 5.41) is 4.08. The Labute approximate surface area is 74.3 Å². The third kappa shape index (κ3) is 5.18. The van der Waals surface area contributed by atoms with E-state index in [0.717, 1.165) is 6.61 Å². The van der Waals surface area contributed by atoms with Gasteiger partial charge in [0, 0.05) is 6.61 Å². The van der Waals surface area contributed by atoms with Crippen molar-refractivity contribution in [1.82, 2.24) is 0 Å². The summed E-state index contributed by atoms with van der Waals surface area (Å²) in [5.41, 5.74) is 0. The molecule has 1 aromatic heterocycles. The highest BCUT2D eigenvalue weighted by molar-refractivity contribution is 7.07. The molecule has 0 aromatic carbocycles. The fourth-order valence-electron chi connectivity index (χ4n) is 0.914. The Morgan fingerprint density at radius 3 is 2.18 bits per heavy atom. The molecule has 0 radical (unpaired) electrons. The van der Waals surface area contributed by atoms with Crippen molar-refractivity contribution < 1.29 is 4.43 Å². The van der Waals surface area contributed by atoms with Crippen LogP contribution in [-0.4, -0.2) is 16.4 Å². The highest BCUT2D eigenvalue weighted by atomic mass is 32.1. The van der Waals surface area contributed by atoms with E-state index in [9.17, 15) is 0 Å². The maximum Gasteiger partial charge on any atom is 0.161 e. The Balaban J connectivity index is 0.000000112. The number of hydrogen-bond donors (Lipinski definition) is 0. The number of thiophene rings is 1. The van der Waals surface area contributed by atoms with Crippen LogP contribution in [0.15, 0.2) is 22.9 Å². The van der Waals surface area contributed by atoms with Crippen LogP contribution in [0, 0.1) is 0 Å². The molecule has 1 nitrogen and oxygen atoms in total. The van der Waals surface area contributed by atoms with Gasteiger partial charge in [-0.1, -0.05) is 18.6 Å². The van der Waals surface area contributed by atoms with Gasteiger partial charge < -0.3 is 4.43 Å². The van der Waals surface area contributed by atoms with Crippen LogP contribution in [0.2, 0.25) is 6.04 Å². The number of rotatable bonds is 0. The molecular weight excluding hydrogens is 172 g/mol. The third-order valence-electron chi connectivity index (χ3n) is 1.50. The van der Waals surface area contributed by atoms with Gasteiger partial charge in [-0.05, 0) is 23.2 Å². The second kappa shape index (κ2) is 6.58. The molecule has 0 bridgehead atoms. The molecule has 1 aromatic rings. The van der Waals surface area contributed by atoms with E-state index < -0.39 is 0 Å². The van der Waals surface area contributed by atoms with Gasteiger partial charge in [0.25, 0.3) is 0 Å². The van der Waals surface area contributed by atoms with Gasteiger partial charge in [0.05, 0.1) is 0 Å². The molecular formula is C8H14OSSi. The van der Waals surface area contributed by atoms with Crippen LogP contribution < -0.4 is 0 Å². The van der Waals surface area contributed by atoms with E-state index >= 15 is 0 Å². The maximum atomic E-state index is 5.21. The van der Waals surface area contributed by atoms with E-state index in [1.807, 2.05) is 22.9 Å². The van der Waals surface area contributed by atoms with Crippen LogP contribution in [0.1, 0.15) is 12.8 Å². The lowest BCUT2D eigenvalue weighted by atomic mass is 10.4. The monoisotopic (exact) mass is 186 g/mol. The predicted molar refractivity (Wildman–Crippen MR) is 52.9 cm³/mol. The van der Waals surface area contributed by atoms with Gasteiger partial charge in [-0.15, -0.1) is 0 Å². The normalized spacial score (nSPS) is 18.9. The van der Waals surface area contributed by atoms with Crippen LogP contribution in [0.3, 0.4) is 0 Å². The molecule has 0 amide bonds. The summed E-state index contributed by atoms with van der Waals surface area (Å²) in [7, 11) is 0.00849. The summed E-state index contributed by atoms with van der Waals surface area (Å²) in [6.07, 6.45) is 2.75. The van der Waals surface area contributed by atoms with Crippen molar-refractivity contribution in [1.29, 1.82) is 0 Å². The zero-order valence-electron chi connectivity index (χ0n) is 6.66. The number of hydrogen-bond acceptors (Lipinski definition) is 2. The molecule has 3 heteroatoms. The fourth-order valence-corrected chi connectivity index (χ4v) is 2.54. The Kier molecular flexibility index (Phi) is 5.36. The SMILES string of the molecule is C1CC[SiH2]OC1.c1ccsc1. The van der Waals surface area contributed by atoms with Crippen LogP contribution in [0.4, 0.5) is 0 Å². The van der Waals surface area contributed by atoms with E-state index in [-0.39, 0.29) is 9.76 Å². The Hall–Kier alpha value is -0.123. The molecule has 0 aliphatic carbocycles. The van der Waals surface area contributed by atoms with Gasteiger partial charge in [-0.2, -0.15) is 11.3 Å². The third-order valence-corrected chi connectivity index (χ3v) is 3.50. The quantitative estimate of drug-likeness (QED) is 0.564. The molecule has 0 spiro atoms. The van der Waals surface area contributed by atoms with Crippen molar-refractivity contribution in [3.05, 3.63) is 22.9 Å². The maximum absolute atomic E-state index is 5.21. The molecule has 2 rings (SSSR count). The second-order valence-electron chi connectivity index (χ2n) is 2.47. The standard InChI is InChI=1S/C4H10OSi.C4H4S/c1-2-4-6-5-3-1;1-2-4-5-3-1/h1-4,6H2;1-4H. The first-order valence-corrected chi connectivity index (χ1v) is 6.57. The lowest BCUT2D eigenvalue weighted by molar-refractivity contribution is 0.304. The summed E-state index contributed by atoms with van der Waals surface area (Å²) < 4.78 is 5.21. The second-order valence-corrected chi connectivity index (χ2v) is 4.81. The van der Waals surface area contributed by atoms with Crippen molar-refractivity contribution in [3.8, 4) is 0 Å². The van der Waals surface area contributed by atoms with E-state index in [4.69, 9.17) is 4.43 Å². The van der Waals surface area contributed by atoms with E-state index in [1.165, 1.54) is 18.9 Å². The van der Waals surface area contributed by atoms with Gasteiger partial charge >= 0.3 is 0 Å². The molecule has 0 atom stereocenters. The molecule has 11 heavy (non-hydrogen) atoms. The average molecular weight is 186 g/mol. The van der Waals surface area contributed by atoms with Crippen LogP contribution in [0.25, 0.3) is 0 Å². The smallest absolute Gasteiger partial charge is 0.161 e. The van der Waals surface area contributed by atoms with E-state index in [2.05, 4.69) is 0 Å². The topological polar surface area (TPSA) is 9.23 Å². The minimum atomic E-state index is 0.00849. The van der Waals surface area contributed by atoms with Crippen molar-refractivity contribution in [2.75, 3.05) is 6.61 Å².